The zero-order valence-electron chi connectivity index (χ0n) is 16.7. The third-order valence-electron chi connectivity index (χ3n) is 4.47. The molecular formula is C22H21ClN2O5S. The summed E-state index contributed by atoms with van der Waals surface area (Å²) in [5.41, 5.74) is 1.36. The molecule has 162 valence electrons. The minimum Gasteiger partial charge on any atom is -0.456 e. The third-order valence-corrected chi connectivity index (χ3v) is 6.34. The molecule has 0 atom stereocenters. The van der Waals surface area contributed by atoms with Gasteiger partial charge < -0.3 is 10.1 Å². The Morgan fingerprint density at radius 3 is 2.48 bits per heavy atom. The van der Waals surface area contributed by atoms with Gasteiger partial charge in [0.05, 0.1) is 11.3 Å². The van der Waals surface area contributed by atoms with Crippen LogP contribution >= 0.6 is 11.6 Å². The standard InChI is InChI=1S/C22H21ClN2O5S/c1-15-6-8-18(13-20(15)23)25-21(26)14-30-22(27)10-11-24-31(28,29)19-9-7-16-4-2-3-5-17(16)12-19/h2-9,12-13,24H,10-11,14H2,1H3,(H,25,26). The average Bonchev–Trinajstić information content (AvgIpc) is 2.74. The normalized spacial score (nSPS) is 11.3. The molecule has 0 bridgehead atoms. The molecule has 0 aliphatic rings. The molecule has 7 nitrogen and oxygen atoms in total. The molecule has 0 aromatic heterocycles. The van der Waals surface area contributed by atoms with Crippen molar-refractivity contribution in [1.82, 2.24) is 4.72 Å². The summed E-state index contributed by atoms with van der Waals surface area (Å²) in [6, 6.07) is 17.2. The first-order chi connectivity index (χ1) is 14.7. The Morgan fingerprint density at radius 1 is 1.00 bits per heavy atom. The second-order valence-corrected chi connectivity index (χ2v) is 9.00. The van der Waals surface area contributed by atoms with Crippen LogP contribution < -0.4 is 10.0 Å². The van der Waals surface area contributed by atoms with E-state index in [0.717, 1.165) is 16.3 Å². The zero-order chi connectivity index (χ0) is 22.4. The predicted molar refractivity (Wildman–Crippen MR) is 120 cm³/mol. The molecular weight excluding hydrogens is 440 g/mol. The maximum atomic E-state index is 12.4. The highest BCUT2D eigenvalue weighted by Gasteiger charge is 2.15. The summed E-state index contributed by atoms with van der Waals surface area (Å²) in [7, 11) is -3.78. The van der Waals surface area contributed by atoms with Gasteiger partial charge in [0, 0.05) is 17.3 Å². The number of amides is 1. The van der Waals surface area contributed by atoms with E-state index >= 15 is 0 Å². The van der Waals surface area contributed by atoms with Crippen LogP contribution in [0.1, 0.15) is 12.0 Å². The molecule has 0 aliphatic heterocycles. The van der Waals surface area contributed by atoms with Gasteiger partial charge in [0.2, 0.25) is 10.0 Å². The Hall–Kier alpha value is -2.94. The lowest BCUT2D eigenvalue weighted by Gasteiger charge is -2.09. The van der Waals surface area contributed by atoms with E-state index in [-0.39, 0.29) is 17.9 Å². The Kier molecular flexibility index (Phi) is 7.27. The van der Waals surface area contributed by atoms with Gasteiger partial charge in [-0.05, 0) is 47.5 Å². The first kappa shape index (κ1) is 22.7. The van der Waals surface area contributed by atoms with Crippen LogP contribution in [0.2, 0.25) is 5.02 Å². The summed E-state index contributed by atoms with van der Waals surface area (Å²) in [4.78, 5) is 23.8. The van der Waals surface area contributed by atoms with Crippen molar-refractivity contribution in [1.29, 1.82) is 0 Å². The molecule has 9 heteroatoms. The molecule has 0 saturated carbocycles. The minimum atomic E-state index is -3.78. The van der Waals surface area contributed by atoms with Crippen LogP contribution in [0.15, 0.2) is 65.6 Å². The van der Waals surface area contributed by atoms with Crippen molar-refractivity contribution in [3.8, 4) is 0 Å². The fourth-order valence-corrected chi connectivity index (χ4v) is 4.04. The van der Waals surface area contributed by atoms with Crippen molar-refractivity contribution in [2.75, 3.05) is 18.5 Å². The first-order valence-electron chi connectivity index (χ1n) is 9.45. The Labute approximate surface area is 185 Å². The fourth-order valence-electron chi connectivity index (χ4n) is 2.79. The van der Waals surface area contributed by atoms with Gasteiger partial charge in [0.15, 0.2) is 6.61 Å². The van der Waals surface area contributed by atoms with E-state index < -0.39 is 28.5 Å². The number of carbonyl (C=O) groups excluding carboxylic acids is 2. The van der Waals surface area contributed by atoms with Gasteiger partial charge in [-0.1, -0.05) is 48.0 Å². The molecule has 3 aromatic carbocycles. The van der Waals surface area contributed by atoms with Gasteiger partial charge in [-0.2, -0.15) is 0 Å². The number of sulfonamides is 1. The highest BCUT2D eigenvalue weighted by atomic mass is 35.5. The van der Waals surface area contributed by atoms with Gasteiger partial charge in [-0.15, -0.1) is 0 Å². The lowest BCUT2D eigenvalue weighted by Crippen LogP contribution is -2.28. The molecule has 1 amide bonds. The van der Waals surface area contributed by atoms with Crippen molar-refractivity contribution in [2.24, 2.45) is 0 Å². The van der Waals surface area contributed by atoms with Crippen molar-refractivity contribution in [2.45, 2.75) is 18.2 Å². The molecule has 0 fully saturated rings. The zero-order valence-corrected chi connectivity index (χ0v) is 18.3. The SMILES string of the molecule is Cc1ccc(NC(=O)COC(=O)CCNS(=O)(=O)c2ccc3ccccc3c2)cc1Cl. The molecule has 0 heterocycles. The summed E-state index contributed by atoms with van der Waals surface area (Å²) < 4.78 is 32.1. The number of ether oxygens (including phenoxy) is 1. The molecule has 0 unspecified atom stereocenters. The Bertz CT molecular complexity index is 1230. The number of rotatable bonds is 8. The van der Waals surface area contributed by atoms with Gasteiger partial charge in [-0.3, -0.25) is 9.59 Å². The number of carbonyl (C=O) groups is 2. The summed E-state index contributed by atoms with van der Waals surface area (Å²) in [5.74, 6) is -1.22. The molecule has 0 aliphatic carbocycles. The second kappa shape index (κ2) is 9.91. The Morgan fingerprint density at radius 2 is 1.74 bits per heavy atom. The molecule has 0 radical (unpaired) electrons. The maximum absolute atomic E-state index is 12.4. The maximum Gasteiger partial charge on any atom is 0.307 e. The number of esters is 1. The quantitative estimate of drug-likeness (QED) is 0.499. The lowest BCUT2D eigenvalue weighted by atomic mass is 10.1. The highest BCUT2D eigenvalue weighted by Crippen LogP contribution is 2.20. The molecule has 3 aromatic rings. The number of anilines is 1. The average molecular weight is 461 g/mol. The molecule has 0 spiro atoms. The van der Waals surface area contributed by atoms with Crippen LogP contribution in [0.3, 0.4) is 0 Å². The number of halogens is 1. The van der Waals surface area contributed by atoms with E-state index in [9.17, 15) is 18.0 Å². The van der Waals surface area contributed by atoms with Crippen molar-refractivity contribution in [3.05, 3.63) is 71.2 Å². The highest BCUT2D eigenvalue weighted by molar-refractivity contribution is 7.89. The van der Waals surface area contributed by atoms with Crippen LogP contribution in [0.25, 0.3) is 10.8 Å². The monoisotopic (exact) mass is 460 g/mol. The van der Waals surface area contributed by atoms with Gasteiger partial charge in [0.25, 0.3) is 5.91 Å². The van der Waals surface area contributed by atoms with E-state index in [1.54, 1.807) is 30.3 Å². The van der Waals surface area contributed by atoms with Gasteiger partial charge in [0.1, 0.15) is 0 Å². The van der Waals surface area contributed by atoms with Crippen LogP contribution in [0, 0.1) is 6.92 Å². The van der Waals surface area contributed by atoms with Crippen molar-refractivity contribution in [3.63, 3.8) is 0 Å². The van der Waals surface area contributed by atoms with E-state index in [2.05, 4.69) is 10.0 Å². The van der Waals surface area contributed by atoms with Crippen LogP contribution in [0.4, 0.5) is 5.69 Å². The number of aryl methyl sites for hydroxylation is 1. The summed E-state index contributed by atoms with van der Waals surface area (Å²) in [6.07, 6.45) is -0.212. The van der Waals surface area contributed by atoms with E-state index in [1.165, 1.54) is 6.07 Å². The summed E-state index contributed by atoms with van der Waals surface area (Å²) in [5, 5.41) is 4.80. The summed E-state index contributed by atoms with van der Waals surface area (Å²) >= 11 is 6.00. The van der Waals surface area contributed by atoms with Crippen LogP contribution in [-0.2, 0) is 24.3 Å². The second-order valence-electron chi connectivity index (χ2n) is 6.83. The van der Waals surface area contributed by atoms with Gasteiger partial charge in [-0.25, -0.2) is 13.1 Å². The van der Waals surface area contributed by atoms with E-state index in [1.807, 2.05) is 31.2 Å². The summed E-state index contributed by atoms with van der Waals surface area (Å²) in [6.45, 7) is 1.20. The Balaban J connectivity index is 1.45. The first-order valence-corrected chi connectivity index (χ1v) is 11.3. The van der Waals surface area contributed by atoms with Crippen molar-refractivity contribution < 1.29 is 22.7 Å². The van der Waals surface area contributed by atoms with Crippen LogP contribution in [0.5, 0.6) is 0 Å². The molecule has 2 N–H and O–H groups in total. The van der Waals surface area contributed by atoms with E-state index in [4.69, 9.17) is 16.3 Å². The number of benzene rings is 3. The largest absolute Gasteiger partial charge is 0.456 e. The number of hydrogen-bond donors (Lipinski definition) is 2. The van der Waals surface area contributed by atoms with E-state index in [0.29, 0.717) is 10.7 Å². The molecule has 3 rings (SSSR count). The fraction of sp³-hybridized carbons (Fsp3) is 0.182. The van der Waals surface area contributed by atoms with Gasteiger partial charge >= 0.3 is 5.97 Å². The predicted octanol–water partition coefficient (Wildman–Crippen LogP) is 3.65. The van der Waals surface area contributed by atoms with Crippen molar-refractivity contribution >= 4 is 50.0 Å². The van der Waals surface area contributed by atoms with Crippen LogP contribution in [-0.4, -0.2) is 33.4 Å². The topological polar surface area (TPSA) is 102 Å². The molecule has 31 heavy (non-hydrogen) atoms. The smallest absolute Gasteiger partial charge is 0.307 e. The number of nitrogens with one attached hydrogen (secondary N) is 2. The number of hydrogen-bond acceptors (Lipinski definition) is 5. The molecule has 0 saturated heterocycles. The lowest BCUT2D eigenvalue weighted by molar-refractivity contribution is -0.147. The minimum absolute atomic E-state index is 0.107. The third kappa shape index (κ3) is 6.27. The number of fused-ring (bicyclic) bond motifs is 1.